The quantitative estimate of drug-likeness (QED) is 0.728. The summed E-state index contributed by atoms with van der Waals surface area (Å²) in [7, 11) is 1.65. The topological polar surface area (TPSA) is 48.2 Å². The molecule has 14 heavy (non-hydrogen) atoms. The number of hydrogen-bond acceptors (Lipinski definition) is 4. The lowest BCUT2D eigenvalue weighted by Gasteiger charge is -2.19. The first-order valence-corrected chi connectivity index (χ1v) is 4.90. The highest BCUT2D eigenvalue weighted by molar-refractivity contribution is 6.20. The Bertz CT molecular complexity index is 297. The Hall–Kier alpha value is -0.610. The molecule has 0 aromatic carbocycles. The van der Waals surface area contributed by atoms with Crippen molar-refractivity contribution in [3.05, 3.63) is 11.7 Å². The van der Waals surface area contributed by atoms with Crippen molar-refractivity contribution in [2.45, 2.75) is 38.2 Å². The van der Waals surface area contributed by atoms with Crippen molar-refractivity contribution in [3.63, 3.8) is 0 Å². The number of alkyl halides is 1. The van der Waals surface area contributed by atoms with Gasteiger partial charge in [-0.1, -0.05) is 5.16 Å². The average Bonchev–Trinajstić information content (AvgIpc) is 2.52. The van der Waals surface area contributed by atoms with Gasteiger partial charge in [-0.15, -0.1) is 11.6 Å². The highest BCUT2D eigenvalue weighted by atomic mass is 35.5. The molecular formula is C9H15ClN2O2. The molecule has 1 atom stereocenters. The van der Waals surface area contributed by atoms with Gasteiger partial charge >= 0.3 is 0 Å². The molecule has 0 aliphatic rings. The van der Waals surface area contributed by atoms with Gasteiger partial charge in [0, 0.05) is 7.11 Å². The number of nitrogens with zero attached hydrogens (tertiary/aromatic N) is 2. The van der Waals surface area contributed by atoms with Crippen molar-refractivity contribution in [2.24, 2.45) is 0 Å². The monoisotopic (exact) mass is 218 g/mol. The predicted molar refractivity (Wildman–Crippen MR) is 53.4 cm³/mol. The van der Waals surface area contributed by atoms with Gasteiger partial charge < -0.3 is 9.26 Å². The van der Waals surface area contributed by atoms with E-state index in [1.807, 2.05) is 13.8 Å². The van der Waals surface area contributed by atoms with Gasteiger partial charge in [-0.05, 0) is 20.8 Å². The van der Waals surface area contributed by atoms with Gasteiger partial charge in [-0.3, -0.25) is 0 Å². The summed E-state index contributed by atoms with van der Waals surface area (Å²) in [4.78, 5) is 4.15. The molecule has 0 amide bonds. The summed E-state index contributed by atoms with van der Waals surface area (Å²) in [5.74, 6) is 1.08. The van der Waals surface area contributed by atoms with Crippen molar-refractivity contribution < 1.29 is 9.26 Å². The van der Waals surface area contributed by atoms with Crippen LogP contribution in [0.2, 0.25) is 0 Å². The fourth-order valence-corrected chi connectivity index (χ4v) is 1.03. The van der Waals surface area contributed by atoms with Crippen LogP contribution in [-0.2, 0) is 11.2 Å². The van der Waals surface area contributed by atoms with E-state index in [4.69, 9.17) is 20.9 Å². The second kappa shape index (κ2) is 4.28. The van der Waals surface area contributed by atoms with Crippen LogP contribution in [0, 0.1) is 0 Å². The summed E-state index contributed by atoms with van der Waals surface area (Å²) in [5, 5.41) is 3.54. The molecule has 1 rings (SSSR count). The van der Waals surface area contributed by atoms with Crippen LogP contribution in [0.15, 0.2) is 4.52 Å². The normalized spacial score (nSPS) is 14.4. The van der Waals surface area contributed by atoms with Crippen LogP contribution in [0.3, 0.4) is 0 Å². The molecule has 1 unspecified atom stereocenters. The van der Waals surface area contributed by atoms with E-state index in [2.05, 4.69) is 10.1 Å². The van der Waals surface area contributed by atoms with Crippen molar-refractivity contribution in [1.29, 1.82) is 0 Å². The lowest BCUT2D eigenvalue weighted by molar-refractivity contribution is 0.0170. The molecule has 80 valence electrons. The van der Waals surface area contributed by atoms with E-state index >= 15 is 0 Å². The molecular weight excluding hydrogens is 204 g/mol. The molecule has 0 aliphatic heterocycles. The minimum atomic E-state index is -0.292. The fraction of sp³-hybridized carbons (Fsp3) is 0.778. The second-order valence-corrected chi connectivity index (χ2v) is 4.46. The van der Waals surface area contributed by atoms with E-state index in [9.17, 15) is 0 Å². The van der Waals surface area contributed by atoms with Crippen molar-refractivity contribution in [1.82, 2.24) is 10.1 Å². The molecule has 5 heteroatoms. The summed E-state index contributed by atoms with van der Waals surface area (Å²) in [5.41, 5.74) is -0.292. The Labute approximate surface area is 88.6 Å². The number of methoxy groups -OCH3 is 1. The maximum Gasteiger partial charge on any atom is 0.229 e. The molecule has 0 radical (unpaired) electrons. The largest absolute Gasteiger partial charge is 0.378 e. The van der Waals surface area contributed by atoms with Gasteiger partial charge in [-0.2, -0.15) is 4.98 Å². The predicted octanol–water partition coefficient (Wildman–Crippen LogP) is 2.34. The van der Waals surface area contributed by atoms with Crippen LogP contribution in [-0.4, -0.2) is 22.9 Å². The maximum absolute atomic E-state index is 5.81. The van der Waals surface area contributed by atoms with Crippen LogP contribution in [0.5, 0.6) is 0 Å². The maximum atomic E-state index is 5.81. The van der Waals surface area contributed by atoms with Crippen LogP contribution in [0.25, 0.3) is 0 Å². The summed E-state index contributed by atoms with van der Waals surface area (Å²) in [6.45, 7) is 5.72. The molecule has 0 N–H and O–H groups in total. The summed E-state index contributed by atoms with van der Waals surface area (Å²) in [6.07, 6.45) is 0.583. The highest BCUT2D eigenvalue weighted by Gasteiger charge is 2.22. The first-order chi connectivity index (χ1) is 6.44. The Balaban J connectivity index is 2.69. The van der Waals surface area contributed by atoms with Gasteiger partial charge in [0.15, 0.2) is 5.82 Å². The zero-order chi connectivity index (χ0) is 10.8. The first kappa shape index (κ1) is 11.5. The Morgan fingerprint density at radius 2 is 2.21 bits per heavy atom. The van der Waals surface area contributed by atoms with Crippen molar-refractivity contribution in [3.8, 4) is 0 Å². The molecule has 0 fully saturated rings. The lowest BCUT2D eigenvalue weighted by atomic mass is 10.1. The number of hydrogen-bond donors (Lipinski definition) is 0. The summed E-state index contributed by atoms with van der Waals surface area (Å²) < 4.78 is 10.3. The zero-order valence-electron chi connectivity index (χ0n) is 8.87. The second-order valence-electron chi connectivity index (χ2n) is 3.80. The molecule has 4 nitrogen and oxygen atoms in total. The minimum Gasteiger partial charge on any atom is -0.378 e. The number of ether oxygens (including phenoxy) is 1. The number of aromatic nitrogens is 2. The van der Waals surface area contributed by atoms with E-state index in [1.165, 1.54) is 0 Å². The summed E-state index contributed by atoms with van der Waals surface area (Å²) >= 11 is 5.81. The fourth-order valence-electron chi connectivity index (χ4n) is 0.938. The minimum absolute atomic E-state index is 0.224. The number of rotatable bonds is 4. The standard InChI is InChI=1S/C9H15ClN2O2/c1-6(10)8-11-7(14-12-8)5-9(2,3)13-4/h6H,5H2,1-4H3. The Kier molecular flexibility index (Phi) is 3.50. The van der Waals surface area contributed by atoms with E-state index < -0.39 is 0 Å². The van der Waals surface area contributed by atoms with Crippen LogP contribution in [0.4, 0.5) is 0 Å². The third kappa shape index (κ3) is 2.96. The highest BCUT2D eigenvalue weighted by Crippen LogP contribution is 2.19. The molecule has 0 saturated carbocycles. The van der Waals surface area contributed by atoms with Gasteiger partial charge in [0.2, 0.25) is 5.89 Å². The molecule has 0 bridgehead atoms. The SMILES string of the molecule is COC(C)(C)Cc1nc(C(C)Cl)no1. The van der Waals surface area contributed by atoms with Crippen LogP contribution >= 0.6 is 11.6 Å². The third-order valence-corrected chi connectivity index (χ3v) is 2.16. The first-order valence-electron chi connectivity index (χ1n) is 4.46. The van der Waals surface area contributed by atoms with E-state index in [1.54, 1.807) is 14.0 Å². The van der Waals surface area contributed by atoms with Gasteiger partial charge in [0.05, 0.1) is 17.4 Å². The average molecular weight is 219 g/mol. The molecule has 1 aromatic heterocycles. The molecule has 0 saturated heterocycles. The van der Waals surface area contributed by atoms with Gasteiger partial charge in [0.1, 0.15) is 0 Å². The smallest absolute Gasteiger partial charge is 0.229 e. The van der Waals surface area contributed by atoms with E-state index in [0.29, 0.717) is 18.1 Å². The molecule has 1 aromatic rings. The van der Waals surface area contributed by atoms with Crippen LogP contribution < -0.4 is 0 Å². The van der Waals surface area contributed by atoms with Gasteiger partial charge in [-0.25, -0.2) is 0 Å². The Morgan fingerprint density at radius 1 is 1.57 bits per heavy atom. The summed E-state index contributed by atoms with van der Waals surface area (Å²) in [6, 6.07) is 0. The van der Waals surface area contributed by atoms with Crippen LogP contribution in [0.1, 0.15) is 37.9 Å². The lowest BCUT2D eigenvalue weighted by Crippen LogP contribution is -2.25. The van der Waals surface area contributed by atoms with E-state index in [0.717, 1.165) is 0 Å². The Morgan fingerprint density at radius 3 is 2.64 bits per heavy atom. The van der Waals surface area contributed by atoms with Crippen molar-refractivity contribution in [2.75, 3.05) is 7.11 Å². The third-order valence-electron chi connectivity index (χ3n) is 1.97. The zero-order valence-corrected chi connectivity index (χ0v) is 9.63. The van der Waals surface area contributed by atoms with E-state index in [-0.39, 0.29) is 11.0 Å². The molecule has 0 aliphatic carbocycles. The molecule has 1 heterocycles. The number of halogens is 1. The van der Waals surface area contributed by atoms with Crippen molar-refractivity contribution >= 4 is 11.6 Å². The van der Waals surface area contributed by atoms with Gasteiger partial charge in [0.25, 0.3) is 0 Å². The molecule has 0 spiro atoms.